The second-order valence-electron chi connectivity index (χ2n) is 13.0. The Labute approximate surface area is 270 Å². The maximum Gasteiger partial charge on any atom is 0.0540 e. The van der Waals surface area contributed by atoms with Crippen molar-refractivity contribution < 1.29 is 0 Å². The Morgan fingerprint density at radius 3 is 1.89 bits per heavy atom. The molecule has 0 saturated carbocycles. The van der Waals surface area contributed by atoms with Crippen molar-refractivity contribution in [3.8, 4) is 22.3 Å². The Morgan fingerprint density at radius 2 is 1.04 bits per heavy atom. The molecule has 0 aliphatic heterocycles. The van der Waals surface area contributed by atoms with E-state index in [4.69, 9.17) is 0 Å². The Hall–Kier alpha value is -5.66. The number of anilines is 3. The van der Waals surface area contributed by atoms with Gasteiger partial charge in [0.05, 0.1) is 11.4 Å². The van der Waals surface area contributed by atoms with Gasteiger partial charge in [-0.25, -0.2) is 0 Å². The quantitative estimate of drug-likeness (QED) is 0.185. The average Bonchev–Trinajstić information content (AvgIpc) is 3.33. The summed E-state index contributed by atoms with van der Waals surface area (Å²) in [5, 5.41) is 7.55. The minimum absolute atomic E-state index is 0.0462. The predicted molar refractivity (Wildman–Crippen MR) is 197 cm³/mol. The van der Waals surface area contributed by atoms with Crippen LogP contribution in [0.15, 0.2) is 164 Å². The second kappa shape index (κ2) is 10.2. The lowest BCUT2D eigenvalue weighted by Crippen LogP contribution is -2.14. The molecule has 1 aliphatic rings. The summed E-state index contributed by atoms with van der Waals surface area (Å²) < 4.78 is 0. The van der Waals surface area contributed by atoms with Gasteiger partial charge in [0, 0.05) is 21.9 Å². The van der Waals surface area contributed by atoms with E-state index in [1.54, 1.807) is 0 Å². The van der Waals surface area contributed by atoms with Crippen molar-refractivity contribution in [3.05, 3.63) is 175 Å². The highest BCUT2D eigenvalue weighted by Gasteiger charge is 2.35. The molecule has 9 rings (SSSR count). The molecule has 8 aromatic rings. The van der Waals surface area contributed by atoms with Crippen LogP contribution in [-0.4, -0.2) is 0 Å². The van der Waals surface area contributed by atoms with Crippen LogP contribution in [0.5, 0.6) is 0 Å². The molecule has 0 fully saturated rings. The maximum absolute atomic E-state index is 2.47. The monoisotopic (exact) mass is 587 g/mol. The number of hydrogen-bond acceptors (Lipinski definition) is 1. The molecular formula is C45H33N. The van der Waals surface area contributed by atoms with Gasteiger partial charge in [-0.15, -0.1) is 0 Å². The predicted octanol–water partition coefficient (Wildman–Crippen LogP) is 12.6. The maximum atomic E-state index is 2.47. The lowest BCUT2D eigenvalue weighted by Gasteiger charge is -2.28. The van der Waals surface area contributed by atoms with Crippen molar-refractivity contribution in [2.24, 2.45) is 0 Å². The SMILES string of the molecule is CC1(C)c2ccccc2-c2cc3ccc4c(N(c5ccc(-c6ccccc6)cc5)c5cccc6ccccc56)cccc4c3cc21. The van der Waals surface area contributed by atoms with Gasteiger partial charge >= 0.3 is 0 Å². The molecule has 0 radical (unpaired) electrons. The standard InChI is InChI=1S/C45H33N/c1-45(2)41-19-9-8-17-37(41)40-28-33-24-27-38-36(39(33)29-42(40)45)18-11-21-44(38)46(43-20-10-15-32-14-6-7-16-35(32)43)34-25-22-31(23-26-34)30-12-4-3-5-13-30/h3-29H,1-2H3. The van der Waals surface area contributed by atoms with Gasteiger partial charge in [0.25, 0.3) is 0 Å². The fraction of sp³-hybridized carbons (Fsp3) is 0.0667. The summed E-state index contributed by atoms with van der Waals surface area (Å²) in [5.41, 5.74) is 11.4. The fourth-order valence-electron chi connectivity index (χ4n) is 7.71. The first-order valence-corrected chi connectivity index (χ1v) is 16.1. The van der Waals surface area contributed by atoms with E-state index in [-0.39, 0.29) is 5.41 Å². The minimum Gasteiger partial charge on any atom is -0.309 e. The Morgan fingerprint density at radius 1 is 0.391 bits per heavy atom. The van der Waals surface area contributed by atoms with Gasteiger partial charge in [0.2, 0.25) is 0 Å². The molecule has 1 nitrogen and oxygen atoms in total. The van der Waals surface area contributed by atoms with Crippen LogP contribution >= 0.6 is 0 Å². The largest absolute Gasteiger partial charge is 0.309 e. The lowest BCUT2D eigenvalue weighted by atomic mass is 9.81. The summed E-state index contributed by atoms with van der Waals surface area (Å²) in [6.45, 7) is 4.73. The highest BCUT2D eigenvalue weighted by Crippen LogP contribution is 2.51. The zero-order valence-corrected chi connectivity index (χ0v) is 26.0. The van der Waals surface area contributed by atoms with Crippen LogP contribution in [0, 0.1) is 0 Å². The molecule has 0 amide bonds. The molecule has 0 heterocycles. The molecule has 218 valence electrons. The Bertz CT molecular complexity index is 2430. The van der Waals surface area contributed by atoms with E-state index >= 15 is 0 Å². The molecule has 0 atom stereocenters. The van der Waals surface area contributed by atoms with Crippen LogP contribution in [0.2, 0.25) is 0 Å². The van der Waals surface area contributed by atoms with Gasteiger partial charge in [0.15, 0.2) is 0 Å². The molecule has 0 saturated heterocycles. The second-order valence-corrected chi connectivity index (χ2v) is 13.0. The van der Waals surface area contributed by atoms with Gasteiger partial charge in [-0.05, 0) is 91.3 Å². The first-order valence-electron chi connectivity index (χ1n) is 16.1. The summed E-state index contributed by atoms with van der Waals surface area (Å²) in [5.74, 6) is 0. The molecule has 1 heteroatoms. The van der Waals surface area contributed by atoms with Gasteiger partial charge < -0.3 is 4.90 Å². The summed E-state index contributed by atoms with van der Waals surface area (Å²) in [6, 6.07) is 60.1. The molecule has 8 aromatic carbocycles. The fourth-order valence-corrected chi connectivity index (χ4v) is 7.71. The van der Waals surface area contributed by atoms with Crippen LogP contribution in [0.3, 0.4) is 0 Å². The lowest BCUT2D eigenvalue weighted by molar-refractivity contribution is 0.661. The first-order chi connectivity index (χ1) is 22.6. The molecule has 0 N–H and O–H groups in total. The van der Waals surface area contributed by atoms with Crippen molar-refractivity contribution in [1.29, 1.82) is 0 Å². The molecular weight excluding hydrogens is 555 g/mol. The molecule has 46 heavy (non-hydrogen) atoms. The van der Waals surface area contributed by atoms with E-state index in [0.29, 0.717) is 0 Å². The van der Waals surface area contributed by atoms with Crippen molar-refractivity contribution in [1.82, 2.24) is 0 Å². The Balaban J connectivity index is 1.28. The third-order valence-electron chi connectivity index (χ3n) is 10.0. The van der Waals surface area contributed by atoms with Crippen LogP contribution in [0.1, 0.15) is 25.0 Å². The van der Waals surface area contributed by atoms with Gasteiger partial charge in [0.1, 0.15) is 0 Å². The van der Waals surface area contributed by atoms with Crippen molar-refractivity contribution in [2.75, 3.05) is 4.90 Å². The summed E-state index contributed by atoms with van der Waals surface area (Å²) in [7, 11) is 0. The van der Waals surface area contributed by atoms with E-state index in [1.807, 2.05) is 0 Å². The van der Waals surface area contributed by atoms with E-state index in [9.17, 15) is 0 Å². The summed E-state index contributed by atoms with van der Waals surface area (Å²) in [4.78, 5) is 2.44. The minimum atomic E-state index is -0.0462. The molecule has 0 bridgehead atoms. The van der Waals surface area contributed by atoms with Gasteiger partial charge in [-0.2, -0.15) is 0 Å². The molecule has 1 aliphatic carbocycles. The number of hydrogen-bond donors (Lipinski definition) is 0. The smallest absolute Gasteiger partial charge is 0.0540 e. The van der Waals surface area contributed by atoms with E-state index in [1.165, 1.54) is 77.1 Å². The number of benzene rings is 8. The van der Waals surface area contributed by atoms with E-state index < -0.39 is 0 Å². The summed E-state index contributed by atoms with van der Waals surface area (Å²) >= 11 is 0. The molecule has 0 spiro atoms. The van der Waals surface area contributed by atoms with E-state index in [2.05, 4.69) is 183 Å². The van der Waals surface area contributed by atoms with Crippen molar-refractivity contribution in [3.63, 3.8) is 0 Å². The van der Waals surface area contributed by atoms with Crippen molar-refractivity contribution >= 4 is 49.4 Å². The number of nitrogens with zero attached hydrogens (tertiary/aromatic N) is 1. The van der Waals surface area contributed by atoms with Gasteiger partial charge in [-0.3, -0.25) is 0 Å². The summed E-state index contributed by atoms with van der Waals surface area (Å²) in [6.07, 6.45) is 0. The third-order valence-corrected chi connectivity index (χ3v) is 10.0. The highest BCUT2D eigenvalue weighted by atomic mass is 15.1. The Kier molecular flexibility index (Phi) is 5.92. The number of rotatable bonds is 4. The topological polar surface area (TPSA) is 3.24 Å². The molecule has 0 unspecified atom stereocenters. The highest BCUT2D eigenvalue weighted by molar-refractivity contribution is 6.15. The normalized spacial score (nSPS) is 13.2. The zero-order valence-electron chi connectivity index (χ0n) is 26.0. The average molecular weight is 588 g/mol. The van der Waals surface area contributed by atoms with E-state index in [0.717, 1.165) is 5.69 Å². The third kappa shape index (κ3) is 4.02. The van der Waals surface area contributed by atoms with Gasteiger partial charge in [-0.1, -0.05) is 141 Å². The first kappa shape index (κ1) is 26.7. The molecule has 0 aromatic heterocycles. The van der Waals surface area contributed by atoms with Crippen LogP contribution in [-0.2, 0) is 5.41 Å². The number of fused-ring (bicyclic) bond motifs is 7. The zero-order chi connectivity index (χ0) is 30.8. The van der Waals surface area contributed by atoms with Crippen LogP contribution in [0.25, 0.3) is 54.6 Å². The van der Waals surface area contributed by atoms with Crippen molar-refractivity contribution in [2.45, 2.75) is 19.3 Å². The van der Waals surface area contributed by atoms with Crippen LogP contribution in [0.4, 0.5) is 17.1 Å². The van der Waals surface area contributed by atoms with Crippen LogP contribution < -0.4 is 4.90 Å².